The summed E-state index contributed by atoms with van der Waals surface area (Å²) in [5, 5.41) is 0.819. The highest BCUT2D eigenvalue weighted by molar-refractivity contribution is 5.89. The van der Waals surface area contributed by atoms with E-state index >= 15 is 0 Å². The van der Waals surface area contributed by atoms with Crippen molar-refractivity contribution in [2.75, 3.05) is 6.61 Å². The van der Waals surface area contributed by atoms with Crippen LogP contribution in [0.5, 0.6) is 5.75 Å². The average Bonchev–Trinajstić information content (AvgIpc) is 2.88. The number of halogens is 4. The molecular weight excluding hydrogens is 464 g/mol. The fraction of sp³-hybridized carbons (Fsp3) is 0.290. The van der Waals surface area contributed by atoms with Crippen LogP contribution in [0, 0.1) is 5.82 Å². The topological polar surface area (TPSA) is 9.23 Å². The van der Waals surface area contributed by atoms with E-state index in [9.17, 15) is 17.6 Å². The Labute approximate surface area is 209 Å². The maximum atomic E-state index is 14.7. The molecule has 0 aliphatic rings. The van der Waals surface area contributed by atoms with Crippen LogP contribution in [-0.4, -0.2) is 12.8 Å². The Kier molecular flexibility index (Phi) is 8.29. The van der Waals surface area contributed by atoms with Gasteiger partial charge in [-0.05, 0) is 58.2 Å². The molecule has 0 saturated carbocycles. The van der Waals surface area contributed by atoms with E-state index in [4.69, 9.17) is 0 Å². The molecule has 0 unspecified atom stereocenters. The van der Waals surface area contributed by atoms with Crippen LogP contribution in [0.3, 0.4) is 0 Å². The normalized spacial score (nSPS) is 11.7. The van der Waals surface area contributed by atoms with E-state index in [1.807, 2.05) is 18.2 Å². The number of benzene rings is 4. The fourth-order valence-electron chi connectivity index (χ4n) is 4.37. The first-order valence-electron chi connectivity index (χ1n) is 12.5. The predicted octanol–water partition coefficient (Wildman–Crippen LogP) is 9.77. The van der Waals surface area contributed by atoms with Crippen molar-refractivity contribution >= 4 is 10.8 Å². The van der Waals surface area contributed by atoms with Gasteiger partial charge in [-0.3, -0.25) is 0 Å². The third-order valence-electron chi connectivity index (χ3n) is 6.38. The molecule has 4 aromatic rings. The summed E-state index contributed by atoms with van der Waals surface area (Å²) in [5.74, 6) is -1.19. The van der Waals surface area contributed by atoms with Crippen molar-refractivity contribution in [3.05, 3.63) is 90.2 Å². The molecule has 0 amide bonds. The van der Waals surface area contributed by atoms with Crippen LogP contribution in [0.4, 0.5) is 17.6 Å². The number of ether oxygens (including phenoxy) is 1. The maximum Gasteiger partial charge on any atom is 0.422 e. The molecule has 0 heterocycles. The molecule has 0 aliphatic carbocycles. The van der Waals surface area contributed by atoms with Crippen molar-refractivity contribution in [2.45, 2.75) is 51.6 Å². The van der Waals surface area contributed by atoms with Crippen LogP contribution in [0.25, 0.3) is 33.0 Å². The lowest BCUT2D eigenvalue weighted by atomic mass is 9.97. The molecule has 0 aliphatic heterocycles. The summed E-state index contributed by atoms with van der Waals surface area (Å²) in [6.07, 6.45) is 2.99. The van der Waals surface area contributed by atoms with Crippen LogP contribution >= 0.6 is 0 Å². The van der Waals surface area contributed by atoms with Gasteiger partial charge in [0, 0.05) is 5.39 Å². The summed E-state index contributed by atoms with van der Waals surface area (Å²) in [7, 11) is 0. The molecular formula is C31H30F4O. The summed E-state index contributed by atoms with van der Waals surface area (Å²) in [5.41, 5.74) is 5.51. The van der Waals surface area contributed by atoms with Gasteiger partial charge in [0.25, 0.3) is 0 Å². The van der Waals surface area contributed by atoms with Crippen LogP contribution in [0.1, 0.15) is 44.6 Å². The molecule has 5 heteroatoms. The minimum atomic E-state index is -4.52. The number of fused-ring (bicyclic) bond motifs is 1. The largest absolute Gasteiger partial charge is 0.481 e. The van der Waals surface area contributed by atoms with Gasteiger partial charge in [0.2, 0.25) is 0 Å². The summed E-state index contributed by atoms with van der Waals surface area (Å²) < 4.78 is 56.5. The quantitative estimate of drug-likeness (QED) is 0.157. The van der Waals surface area contributed by atoms with Gasteiger partial charge in [0.15, 0.2) is 18.2 Å². The molecule has 36 heavy (non-hydrogen) atoms. The summed E-state index contributed by atoms with van der Waals surface area (Å²) in [4.78, 5) is 0. The number of hydrogen-bond donors (Lipinski definition) is 0. The first-order chi connectivity index (χ1) is 17.3. The first kappa shape index (κ1) is 25.7. The monoisotopic (exact) mass is 494 g/mol. The molecule has 0 N–H and O–H groups in total. The molecule has 0 spiro atoms. The highest BCUT2D eigenvalue weighted by atomic mass is 19.4. The Balaban J connectivity index is 1.44. The van der Waals surface area contributed by atoms with Gasteiger partial charge < -0.3 is 4.74 Å². The molecule has 0 aromatic heterocycles. The van der Waals surface area contributed by atoms with Crippen molar-refractivity contribution in [1.29, 1.82) is 0 Å². The van der Waals surface area contributed by atoms with Crippen molar-refractivity contribution in [1.82, 2.24) is 0 Å². The van der Waals surface area contributed by atoms with E-state index in [-0.39, 0.29) is 5.39 Å². The van der Waals surface area contributed by atoms with Crippen LogP contribution in [0.2, 0.25) is 0 Å². The standard InChI is InChI=1S/C31H30F4O/c1-2-3-4-5-6-7-22-8-10-23(11-9-22)24-12-14-25(15-13-24)26-16-18-28-27(20-26)17-19-29(30(28)32)36-21-31(33,34)35/h8-20H,2-7,21H2,1H3. The van der Waals surface area contributed by atoms with Crippen molar-refractivity contribution < 1.29 is 22.3 Å². The zero-order valence-electron chi connectivity index (χ0n) is 20.4. The highest BCUT2D eigenvalue weighted by Crippen LogP contribution is 2.32. The maximum absolute atomic E-state index is 14.7. The van der Waals surface area contributed by atoms with Gasteiger partial charge >= 0.3 is 6.18 Å². The third kappa shape index (κ3) is 6.66. The molecule has 0 atom stereocenters. The highest BCUT2D eigenvalue weighted by Gasteiger charge is 2.29. The van der Waals surface area contributed by atoms with Crippen molar-refractivity contribution in [3.63, 3.8) is 0 Å². The lowest BCUT2D eigenvalue weighted by Crippen LogP contribution is -2.19. The zero-order chi connectivity index (χ0) is 25.5. The number of unbranched alkanes of at least 4 members (excludes halogenated alkanes) is 4. The Morgan fingerprint density at radius 2 is 1.25 bits per heavy atom. The second-order valence-electron chi connectivity index (χ2n) is 9.16. The van der Waals surface area contributed by atoms with Gasteiger partial charge in [-0.15, -0.1) is 0 Å². The van der Waals surface area contributed by atoms with Crippen molar-refractivity contribution in [2.24, 2.45) is 0 Å². The molecule has 4 aromatic carbocycles. The van der Waals surface area contributed by atoms with Gasteiger partial charge in [0.1, 0.15) is 0 Å². The lowest BCUT2D eigenvalue weighted by Gasteiger charge is -2.12. The van der Waals surface area contributed by atoms with Crippen LogP contribution in [-0.2, 0) is 6.42 Å². The van der Waals surface area contributed by atoms with E-state index < -0.39 is 24.3 Å². The van der Waals surface area contributed by atoms with E-state index in [1.54, 1.807) is 18.2 Å². The predicted molar refractivity (Wildman–Crippen MR) is 139 cm³/mol. The van der Waals surface area contributed by atoms with E-state index in [0.29, 0.717) is 5.39 Å². The SMILES string of the molecule is CCCCCCCc1ccc(-c2ccc(-c3ccc4c(F)c(OCC(F)(F)F)ccc4c3)cc2)cc1. The Morgan fingerprint density at radius 3 is 1.89 bits per heavy atom. The zero-order valence-corrected chi connectivity index (χ0v) is 20.4. The van der Waals surface area contributed by atoms with Gasteiger partial charge in [0.05, 0.1) is 0 Å². The van der Waals surface area contributed by atoms with Crippen LogP contribution in [0.15, 0.2) is 78.9 Å². The second kappa shape index (κ2) is 11.6. The molecule has 0 bridgehead atoms. The molecule has 1 nitrogen and oxygen atoms in total. The summed E-state index contributed by atoms with van der Waals surface area (Å²) in [6.45, 7) is 0.703. The molecule has 188 valence electrons. The molecule has 0 radical (unpaired) electrons. The second-order valence-corrected chi connectivity index (χ2v) is 9.16. The minimum absolute atomic E-state index is 0.223. The third-order valence-corrected chi connectivity index (χ3v) is 6.38. The Hall–Kier alpha value is -3.34. The first-order valence-corrected chi connectivity index (χ1v) is 12.5. The van der Waals surface area contributed by atoms with E-state index in [0.717, 1.165) is 28.7 Å². The summed E-state index contributed by atoms with van der Waals surface area (Å²) in [6, 6.07) is 24.9. The van der Waals surface area contributed by atoms with Gasteiger partial charge in [-0.1, -0.05) is 99.3 Å². The number of rotatable bonds is 10. The van der Waals surface area contributed by atoms with Gasteiger partial charge in [-0.2, -0.15) is 13.2 Å². The number of hydrogen-bond acceptors (Lipinski definition) is 1. The van der Waals surface area contributed by atoms with E-state index in [1.165, 1.54) is 43.7 Å². The molecule has 0 fully saturated rings. The van der Waals surface area contributed by atoms with Crippen molar-refractivity contribution in [3.8, 4) is 28.0 Å². The summed E-state index contributed by atoms with van der Waals surface area (Å²) >= 11 is 0. The molecule has 4 rings (SSSR count). The fourth-order valence-corrected chi connectivity index (χ4v) is 4.37. The Morgan fingerprint density at radius 1 is 0.667 bits per heavy atom. The number of alkyl halides is 3. The Bertz CT molecular complexity index is 1280. The molecule has 0 saturated heterocycles. The number of aryl methyl sites for hydroxylation is 1. The lowest BCUT2D eigenvalue weighted by molar-refractivity contribution is -0.153. The van der Waals surface area contributed by atoms with Gasteiger partial charge in [-0.25, -0.2) is 4.39 Å². The smallest absolute Gasteiger partial charge is 0.422 e. The van der Waals surface area contributed by atoms with E-state index in [2.05, 4.69) is 48.1 Å². The van der Waals surface area contributed by atoms with Crippen LogP contribution < -0.4 is 4.74 Å². The average molecular weight is 495 g/mol. The minimum Gasteiger partial charge on any atom is -0.481 e.